The third-order valence-corrected chi connectivity index (χ3v) is 5.04. The number of hydrogen-bond acceptors (Lipinski definition) is 1. The first-order chi connectivity index (χ1) is 10.5. The molecule has 0 spiro atoms. The van der Waals surface area contributed by atoms with Crippen molar-refractivity contribution in [1.82, 2.24) is 0 Å². The molecular formula is C21H42O. The molecule has 0 radical (unpaired) electrons. The summed E-state index contributed by atoms with van der Waals surface area (Å²) >= 11 is 0. The number of hydrogen-bond donors (Lipinski definition) is 0. The summed E-state index contributed by atoms with van der Waals surface area (Å²) in [4.78, 5) is 10.4. The Morgan fingerprint density at radius 1 is 0.591 bits per heavy atom. The van der Waals surface area contributed by atoms with E-state index in [1.54, 1.807) is 0 Å². The van der Waals surface area contributed by atoms with Gasteiger partial charge in [-0.25, -0.2) is 0 Å². The molecule has 0 heterocycles. The normalized spacial score (nSPS) is 15.7. The Hall–Kier alpha value is -0.330. The molecule has 3 atom stereocenters. The fourth-order valence-electron chi connectivity index (χ4n) is 3.29. The molecule has 3 unspecified atom stereocenters. The molecule has 0 aliphatic carbocycles. The molecule has 0 aliphatic rings. The van der Waals surface area contributed by atoms with Gasteiger partial charge >= 0.3 is 0 Å². The Bertz CT molecular complexity index is 246. The van der Waals surface area contributed by atoms with Gasteiger partial charge in [-0.2, -0.15) is 0 Å². The first-order valence-corrected chi connectivity index (χ1v) is 9.89. The van der Waals surface area contributed by atoms with Crippen LogP contribution in [-0.4, -0.2) is 6.29 Å². The van der Waals surface area contributed by atoms with Gasteiger partial charge in [-0.1, -0.05) is 92.4 Å². The second kappa shape index (κ2) is 14.3. The van der Waals surface area contributed by atoms with Crippen molar-refractivity contribution in [2.45, 2.75) is 105 Å². The number of aldehydes is 1. The number of rotatable bonds is 15. The van der Waals surface area contributed by atoms with E-state index in [1.165, 1.54) is 57.8 Å². The summed E-state index contributed by atoms with van der Waals surface area (Å²) in [6.45, 7) is 11.8. The van der Waals surface area contributed by atoms with Gasteiger partial charge in [0.2, 0.25) is 0 Å². The van der Waals surface area contributed by atoms with Gasteiger partial charge < -0.3 is 4.79 Å². The highest BCUT2D eigenvalue weighted by Gasteiger charge is 2.08. The molecule has 0 bridgehead atoms. The van der Waals surface area contributed by atoms with E-state index in [-0.39, 0.29) is 0 Å². The van der Waals surface area contributed by atoms with Crippen LogP contribution in [0.1, 0.15) is 105 Å². The highest BCUT2D eigenvalue weighted by molar-refractivity contribution is 5.49. The lowest BCUT2D eigenvalue weighted by Gasteiger charge is -2.16. The molecule has 1 nitrogen and oxygen atoms in total. The molecule has 0 aromatic heterocycles. The van der Waals surface area contributed by atoms with E-state index < -0.39 is 0 Å². The van der Waals surface area contributed by atoms with E-state index in [0.29, 0.717) is 0 Å². The Kier molecular flexibility index (Phi) is 14.1. The van der Waals surface area contributed by atoms with Crippen molar-refractivity contribution in [2.24, 2.45) is 23.7 Å². The molecule has 0 aromatic rings. The van der Waals surface area contributed by atoms with Crippen LogP contribution in [0.4, 0.5) is 0 Å². The van der Waals surface area contributed by atoms with Crippen LogP contribution in [0.5, 0.6) is 0 Å². The number of carbonyl (C=O) groups is 1. The van der Waals surface area contributed by atoms with E-state index in [4.69, 9.17) is 0 Å². The van der Waals surface area contributed by atoms with Crippen LogP contribution in [0.15, 0.2) is 0 Å². The first-order valence-electron chi connectivity index (χ1n) is 9.89. The highest BCUT2D eigenvalue weighted by atomic mass is 16.1. The Morgan fingerprint density at radius 3 is 1.32 bits per heavy atom. The van der Waals surface area contributed by atoms with Crippen LogP contribution >= 0.6 is 0 Å². The summed E-state index contributed by atoms with van der Waals surface area (Å²) in [7, 11) is 0. The zero-order chi connectivity index (χ0) is 16.8. The van der Waals surface area contributed by atoms with Crippen molar-refractivity contribution >= 4 is 6.29 Å². The fourth-order valence-corrected chi connectivity index (χ4v) is 3.29. The molecule has 1 heteroatoms. The fraction of sp³-hybridized carbons (Fsp3) is 0.952. The van der Waals surface area contributed by atoms with Gasteiger partial charge in [-0.3, -0.25) is 0 Å². The average Bonchev–Trinajstić information content (AvgIpc) is 2.44. The predicted octanol–water partition coefficient (Wildman–Crippen LogP) is 7.04. The van der Waals surface area contributed by atoms with Crippen LogP contribution in [0.3, 0.4) is 0 Å². The minimum absolute atomic E-state index is 0.721. The topological polar surface area (TPSA) is 17.1 Å². The van der Waals surface area contributed by atoms with Gasteiger partial charge in [0.05, 0.1) is 0 Å². The Balaban J connectivity index is 3.48. The zero-order valence-corrected chi connectivity index (χ0v) is 16.1. The van der Waals surface area contributed by atoms with Crippen molar-refractivity contribution in [2.75, 3.05) is 0 Å². The SMILES string of the molecule is CC(C)CCCC(C)CCCC(C)CCCC(C)CCC=O. The van der Waals surface area contributed by atoms with Crippen molar-refractivity contribution < 1.29 is 4.79 Å². The van der Waals surface area contributed by atoms with Crippen molar-refractivity contribution in [3.8, 4) is 0 Å². The maximum atomic E-state index is 10.4. The predicted molar refractivity (Wildman–Crippen MR) is 99.2 cm³/mol. The standard InChI is InChI=1S/C21H42O/c1-18(2)10-6-11-19(3)12-7-13-20(4)14-8-15-21(5)16-9-17-22/h17-21H,6-16H2,1-5H3. The molecule has 0 aliphatic heterocycles. The summed E-state index contributed by atoms with van der Waals surface area (Å²) in [6, 6.07) is 0. The third-order valence-electron chi connectivity index (χ3n) is 5.04. The second-order valence-corrected chi connectivity index (χ2v) is 8.25. The molecule has 0 N–H and O–H groups in total. The molecule has 0 rings (SSSR count). The maximum absolute atomic E-state index is 10.4. The van der Waals surface area contributed by atoms with E-state index in [0.717, 1.165) is 42.8 Å². The van der Waals surface area contributed by atoms with Gasteiger partial charge in [0.25, 0.3) is 0 Å². The molecule has 0 amide bonds. The van der Waals surface area contributed by atoms with Gasteiger partial charge in [0, 0.05) is 6.42 Å². The highest BCUT2D eigenvalue weighted by Crippen LogP contribution is 2.22. The Labute approximate surface area is 140 Å². The molecule has 22 heavy (non-hydrogen) atoms. The van der Waals surface area contributed by atoms with Gasteiger partial charge in [-0.15, -0.1) is 0 Å². The van der Waals surface area contributed by atoms with E-state index >= 15 is 0 Å². The molecular weight excluding hydrogens is 268 g/mol. The van der Waals surface area contributed by atoms with Gasteiger partial charge in [-0.05, 0) is 30.1 Å². The van der Waals surface area contributed by atoms with Crippen LogP contribution in [0.25, 0.3) is 0 Å². The molecule has 0 saturated carbocycles. The monoisotopic (exact) mass is 310 g/mol. The first kappa shape index (κ1) is 21.7. The van der Waals surface area contributed by atoms with Crippen LogP contribution < -0.4 is 0 Å². The lowest BCUT2D eigenvalue weighted by molar-refractivity contribution is -0.108. The van der Waals surface area contributed by atoms with Crippen LogP contribution in [-0.2, 0) is 4.79 Å². The van der Waals surface area contributed by atoms with E-state index in [1.807, 2.05) is 0 Å². The summed E-state index contributed by atoms with van der Waals surface area (Å²) in [6.07, 6.45) is 15.3. The molecule has 0 saturated heterocycles. The quantitative estimate of drug-likeness (QED) is 0.296. The summed E-state index contributed by atoms with van der Waals surface area (Å²) < 4.78 is 0. The second-order valence-electron chi connectivity index (χ2n) is 8.25. The van der Waals surface area contributed by atoms with Crippen molar-refractivity contribution in [3.05, 3.63) is 0 Å². The minimum Gasteiger partial charge on any atom is -0.303 e. The summed E-state index contributed by atoms with van der Waals surface area (Å²) in [5, 5.41) is 0. The third kappa shape index (κ3) is 14.6. The minimum atomic E-state index is 0.721. The van der Waals surface area contributed by atoms with E-state index in [9.17, 15) is 4.79 Å². The van der Waals surface area contributed by atoms with Gasteiger partial charge in [0.15, 0.2) is 0 Å². The van der Waals surface area contributed by atoms with Crippen molar-refractivity contribution in [1.29, 1.82) is 0 Å². The average molecular weight is 311 g/mol. The smallest absolute Gasteiger partial charge is 0.120 e. The summed E-state index contributed by atoms with van der Waals surface area (Å²) in [5.41, 5.74) is 0. The largest absolute Gasteiger partial charge is 0.303 e. The molecule has 0 aromatic carbocycles. The van der Waals surface area contributed by atoms with E-state index in [2.05, 4.69) is 34.6 Å². The molecule has 0 fully saturated rings. The lowest BCUT2D eigenvalue weighted by Crippen LogP contribution is -2.01. The van der Waals surface area contributed by atoms with Crippen molar-refractivity contribution in [3.63, 3.8) is 0 Å². The van der Waals surface area contributed by atoms with Crippen LogP contribution in [0.2, 0.25) is 0 Å². The Morgan fingerprint density at radius 2 is 0.955 bits per heavy atom. The van der Waals surface area contributed by atoms with Crippen LogP contribution in [0, 0.1) is 23.7 Å². The maximum Gasteiger partial charge on any atom is 0.120 e. The summed E-state index contributed by atoms with van der Waals surface area (Å²) in [5.74, 6) is 3.37. The lowest BCUT2D eigenvalue weighted by atomic mass is 9.90. The number of carbonyl (C=O) groups excluding carboxylic acids is 1. The van der Waals surface area contributed by atoms with Gasteiger partial charge in [0.1, 0.15) is 6.29 Å². The zero-order valence-electron chi connectivity index (χ0n) is 16.1. The molecule has 132 valence electrons.